The molecule has 3 atom stereocenters. The fourth-order valence-corrected chi connectivity index (χ4v) is 5.01. The van der Waals surface area contributed by atoms with Gasteiger partial charge in [0.2, 0.25) is 0 Å². The molecule has 0 aromatic heterocycles. The van der Waals surface area contributed by atoms with Crippen LogP contribution in [-0.4, -0.2) is 48.1 Å². The molecule has 1 aromatic carbocycles. The van der Waals surface area contributed by atoms with E-state index in [-0.39, 0.29) is 4.90 Å². The molecule has 0 radical (unpaired) electrons. The molecule has 2 aliphatic heterocycles. The molecule has 7 heteroatoms. The Morgan fingerprint density at radius 2 is 1.72 bits per heavy atom. The van der Waals surface area contributed by atoms with Crippen molar-refractivity contribution in [2.45, 2.75) is 55.5 Å². The van der Waals surface area contributed by atoms with Crippen molar-refractivity contribution < 1.29 is 22.7 Å². The number of hydrogen-bond acceptors (Lipinski definition) is 5. The summed E-state index contributed by atoms with van der Waals surface area (Å²) < 4.78 is 31.3. The Balaban J connectivity index is 1.94. The molecule has 6 nitrogen and oxygen atoms in total. The van der Waals surface area contributed by atoms with Crippen LogP contribution in [0.15, 0.2) is 41.3 Å². The zero-order valence-corrected chi connectivity index (χ0v) is 15.4. The van der Waals surface area contributed by atoms with Crippen molar-refractivity contribution in [1.82, 2.24) is 4.90 Å². The number of ether oxygens (including phenoxy) is 1. The van der Waals surface area contributed by atoms with Crippen molar-refractivity contribution in [1.29, 1.82) is 0 Å². The highest BCUT2D eigenvalue weighted by Crippen LogP contribution is 2.37. The molecule has 2 aliphatic rings. The maximum atomic E-state index is 13.0. The standard InChI is InChI=1S/C18H21NO5S/c1-11-5-7-12(8-6-11)25(22,23)16-14-10-9-13(15(16)20)19(14)17(21)24-18(2,3)4/h5-10,13-14,16H,1-4H3. The van der Waals surface area contributed by atoms with E-state index in [9.17, 15) is 18.0 Å². The van der Waals surface area contributed by atoms with E-state index in [2.05, 4.69) is 0 Å². The summed E-state index contributed by atoms with van der Waals surface area (Å²) in [6.07, 6.45) is 2.49. The van der Waals surface area contributed by atoms with Crippen LogP contribution in [0.3, 0.4) is 0 Å². The predicted molar refractivity (Wildman–Crippen MR) is 91.9 cm³/mol. The minimum absolute atomic E-state index is 0.0848. The molecular formula is C18H21NO5S. The van der Waals surface area contributed by atoms with E-state index in [0.29, 0.717) is 0 Å². The minimum Gasteiger partial charge on any atom is -0.444 e. The smallest absolute Gasteiger partial charge is 0.411 e. The SMILES string of the molecule is Cc1ccc(S(=O)(=O)C2C(=O)C3C=CC2N3C(=O)OC(C)(C)C)cc1. The molecule has 1 aromatic rings. The van der Waals surface area contributed by atoms with Crippen LogP contribution in [0.2, 0.25) is 0 Å². The van der Waals surface area contributed by atoms with Crippen LogP contribution in [0.25, 0.3) is 0 Å². The fourth-order valence-electron chi connectivity index (χ4n) is 3.17. The Labute approximate surface area is 147 Å². The highest BCUT2D eigenvalue weighted by molar-refractivity contribution is 7.93. The quantitative estimate of drug-likeness (QED) is 0.753. The van der Waals surface area contributed by atoms with Gasteiger partial charge >= 0.3 is 6.09 Å². The van der Waals surface area contributed by atoms with Crippen LogP contribution in [0.5, 0.6) is 0 Å². The van der Waals surface area contributed by atoms with Gasteiger partial charge < -0.3 is 4.74 Å². The molecule has 1 fully saturated rings. The number of aryl methyl sites for hydroxylation is 1. The maximum absolute atomic E-state index is 13.0. The maximum Gasteiger partial charge on any atom is 0.411 e. The minimum atomic E-state index is -3.90. The first-order chi connectivity index (χ1) is 11.5. The lowest BCUT2D eigenvalue weighted by molar-refractivity contribution is -0.118. The van der Waals surface area contributed by atoms with E-state index in [4.69, 9.17) is 4.74 Å². The average Bonchev–Trinajstić information content (AvgIpc) is 3.01. The third-order valence-electron chi connectivity index (χ3n) is 4.28. The first-order valence-electron chi connectivity index (χ1n) is 8.06. The highest BCUT2D eigenvalue weighted by atomic mass is 32.2. The number of amides is 1. The first kappa shape index (κ1) is 17.7. The molecule has 3 rings (SSSR count). The van der Waals surface area contributed by atoms with Crippen LogP contribution < -0.4 is 0 Å². The molecule has 0 saturated carbocycles. The number of sulfone groups is 1. The van der Waals surface area contributed by atoms with Gasteiger partial charge in [-0.25, -0.2) is 13.2 Å². The molecule has 0 spiro atoms. The van der Waals surface area contributed by atoms with Gasteiger partial charge in [-0.15, -0.1) is 0 Å². The van der Waals surface area contributed by atoms with Crippen molar-refractivity contribution in [2.24, 2.45) is 0 Å². The Bertz CT molecular complexity index is 848. The van der Waals surface area contributed by atoms with Crippen LogP contribution in [0.4, 0.5) is 4.79 Å². The number of hydrogen-bond donors (Lipinski definition) is 0. The Kier molecular flexibility index (Phi) is 4.02. The van der Waals surface area contributed by atoms with Crippen LogP contribution >= 0.6 is 0 Å². The van der Waals surface area contributed by atoms with E-state index in [0.717, 1.165) is 5.56 Å². The number of benzene rings is 1. The topological polar surface area (TPSA) is 80.8 Å². The summed E-state index contributed by atoms with van der Waals surface area (Å²) in [5.74, 6) is -0.487. The van der Waals surface area contributed by atoms with Crippen LogP contribution in [0, 0.1) is 6.92 Å². The third-order valence-corrected chi connectivity index (χ3v) is 6.39. The molecule has 1 amide bonds. The first-order valence-corrected chi connectivity index (χ1v) is 9.61. The number of rotatable bonds is 2. The molecule has 2 bridgehead atoms. The molecule has 25 heavy (non-hydrogen) atoms. The second-order valence-electron chi connectivity index (χ2n) is 7.39. The number of carbonyl (C=O) groups excluding carboxylic acids is 2. The summed E-state index contributed by atoms with van der Waals surface area (Å²) in [5.41, 5.74) is 0.196. The van der Waals surface area contributed by atoms with Crippen LogP contribution in [0.1, 0.15) is 26.3 Å². The molecule has 1 saturated heterocycles. The lowest BCUT2D eigenvalue weighted by Crippen LogP contribution is -2.43. The summed E-state index contributed by atoms with van der Waals surface area (Å²) in [5, 5.41) is -1.29. The van der Waals surface area contributed by atoms with E-state index in [1.807, 2.05) is 6.92 Å². The summed E-state index contributed by atoms with van der Waals surface area (Å²) in [6, 6.07) is 4.64. The number of fused-ring (bicyclic) bond motifs is 2. The summed E-state index contributed by atoms with van der Waals surface area (Å²) in [4.78, 5) is 26.4. The van der Waals surface area contributed by atoms with Gasteiger partial charge in [-0.05, 0) is 39.8 Å². The third kappa shape index (κ3) is 2.97. The molecule has 134 valence electrons. The van der Waals surface area contributed by atoms with E-state index in [1.165, 1.54) is 17.0 Å². The van der Waals surface area contributed by atoms with Gasteiger partial charge in [-0.3, -0.25) is 9.69 Å². The van der Waals surface area contributed by atoms with Crippen LogP contribution in [-0.2, 0) is 19.4 Å². The van der Waals surface area contributed by atoms with Gasteiger partial charge in [0.25, 0.3) is 0 Å². The lowest BCUT2D eigenvalue weighted by Gasteiger charge is -2.27. The Morgan fingerprint density at radius 1 is 1.12 bits per heavy atom. The Hall–Kier alpha value is -2.15. The highest BCUT2D eigenvalue weighted by Gasteiger charge is 2.58. The average molecular weight is 363 g/mol. The number of carbonyl (C=O) groups is 2. The summed E-state index contributed by atoms with van der Waals surface area (Å²) in [6.45, 7) is 7.02. The predicted octanol–water partition coefficient (Wildman–Crippen LogP) is 2.26. The summed E-state index contributed by atoms with van der Waals surface area (Å²) >= 11 is 0. The normalized spacial score (nSPS) is 25.5. The van der Waals surface area contributed by atoms with Crippen molar-refractivity contribution in [3.8, 4) is 0 Å². The summed E-state index contributed by atoms with van der Waals surface area (Å²) in [7, 11) is -3.90. The second kappa shape index (κ2) is 5.69. The van der Waals surface area contributed by atoms with Gasteiger partial charge in [0.15, 0.2) is 20.9 Å². The monoisotopic (exact) mass is 363 g/mol. The van der Waals surface area contributed by atoms with Gasteiger partial charge in [-0.1, -0.05) is 29.8 Å². The molecule has 3 unspecified atom stereocenters. The van der Waals surface area contributed by atoms with Crippen molar-refractivity contribution in [2.75, 3.05) is 0 Å². The zero-order chi connectivity index (χ0) is 18.6. The molecule has 2 heterocycles. The fraction of sp³-hybridized carbons (Fsp3) is 0.444. The zero-order valence-electron chi connectivity index (χ0n) is 14.6. The van der Waals surface area contributed by atoms with Gasteiger partial charge in [0, 0.05) is 0 Å². The van der Waals surface area contributed by atoms with E-state index >= 15 is 0 Å². The number of Topliss-reactive ketones (excluding diaryl/α,β-unsaturated/α-hetero) is 1. The largest absolute Gasteiger partial charge is 0.444 e. The van der Waals surface area contributed by atoms with Crippen molar-refractivity contribution in [3.05, 3.63) is 42.0 Å². The van der Waals surface area contributed by atoms with Gasteiger partial charge in [-0.2, -0.15) is 0 Å². The number of ketones is 1. The number of nitrogens with zero attached hydrogens (tertiary/aromatic N) is 1. The van der Waals surface area contributed by atoms with Crippen molar-refractivity contribution >= 4 is 21.7 Å². The van der Waals surface area contributed by atoms with Gasteiger partial charge in [0.1, 0.15) is 11.6 Å². The van der Waals surface area contributed by atoms with Crippen molar-refractivity contribution in [3.63, 3.8) is 0 Å². The van der Waals surface area contributed by atoms with Gasteiger partial charge in [0.05, 0.1) is 10.9 Å². The Morgan fingerprint density at radius 3 is 2.28 bits per heavy atom. The molecular weight excluding hydrogens is 342 g/mol. The van der Waals surface area contributed by atoms with E-state index < -0.39 is 44.6 Å². The molecule has 0 N–H and O–H groups in total. The van der Waals surface area contributed by atoms with E-state index in [1.54, 1.807) is 45.1 Å². The lowest BCUT2D eigenvalue weighted by atomic mass is 10.1. The second-order valence-corrected chi connectivity index (χ2v) is 9.46. The molecule has 0 aliphatic carbocycles.